The zero-order valence-electron chi connectivity index (χ0n) is 13.7. The monoisotopic (exact) mass is 346 g/mol. The third-order valence-corrected chi connectivity index (χ3v) is 7.14. The molecular formula is C17H22N4O2S. The normalized spacial score (nSPS) is 25.2. The molecule has 4 rings (SSSR count). The van der Waals surface area contributed by atoms with Gasteiger partial charge < -0.3 is 5.73 Å². The van der Waals surface area contributed by atoms with Gasteiger partial charge in [0.15, 0.2) is 0 Å². The topological polar surface area (TPSA) is 81.2 Å². The molecule has 1 aromatic heterocycles. The summed E-state index contributed by atoms with van der Waals surface area (Å²) in [6, 6.07) is 7.17. The molecule has 6 nitrogen and oxygen atoms in total. The predicted molar refractivity (Wildman–Crippen MR) is 91.2 cm³/mol. The van der Waals surface area contributed by atoms with Crippen molar-refractivity contribution in [3.05, 3.63) is 42.2 Å². The van der Waals surface area contributed by atoms with Gasteiger partial charge in [0.2, 0.25) is 10.0 Å². The lowest BCUT2D eigenvalue weighted by atomic mass is 9.99. The fourth-order valence-electron chi connectivity index (χ4n) is 3.60. The number of benzene rings is 1. The highest BCUT2D eigenvalue weighted by Crippen LogP contribution is 2.42. The van der Waals surface area contributed by atoms with Gasteiger partial charge in [0.25, 0.3) is 0 Å². The van der Waals surface area contributed by atoms with Crippen LogP contribution in [0.25, 0.3) is 5.69 Å². The average molecular weight is 346 g/mol. The first-order valence-corrected chi connectivity index (χ1v) is 9.77. The number of sulfonamides is 1. The van der Waals surface area contributed by atoms with Crippen LogP contribution in [0.1, 0.15) is 18.4 Å². The van der Waals surface area contributed by atoms with Crippen LogP contribution in [0.15, 0.2) is 41.6 Å². The number of nitrogens with zero attached hydrogens (tertiary/aromatic N) is 3. The molecule has 7 heteroatoms. The average Bonchev–Trinajstić information content (AvgIpc) is 3.08. The smallest absolute Gasteiger partial charge is 0.243 e. The zero-order chi connectivity index (χ0) is 16.9. The first-order valence-electron chi connectivity index (χ1n) is 8.33. The van der Waals surface area contributed by atoms with E-state index in [-0.39, 0.29) is 6.04 Å². The van der Waals surface area contributed by atoms with Crippen molar-refractivity contribution in [3.8, 4) is 5.69 Å². The Morgan fingerprint density at radius 3 is 2.71 bits per heavy atom. The predicted octanol–water partition coefficient (Wildman–Crippen LogP) is 1.54. The second-order valence-corrected chi connectivity index (χ2v) is 8.79. The van der Waals surface area contributed by atoms with E-state index >= 15 is 0 Å². The maximum Gasteiger partial charge on any atom is 0.243 e. The van der Waals surface area contributed by atoms with Crippen LogP contribution < -0.4 is 5.73 Å². The lowest BCUT2D eigenvalue weighted by Crippen LogP contribution is -2.33. The second-order valence-electron chi connectivity index (χ2n) is 6.89. The van der Waals surface area contributed by atoms with Crippen molar-refractivity contribution in [2.45, 2.75) is 30.7 Å². The molecule has 0 radical (unpaired) electrons. The molecule has 1 aliphatic heterocycles. The fraction of sp³-hybridized carbons (Fsp3) is 0.471. The van der Waals surface area contributed by atoms with Gasteiger partial charge in [0.1, 0.15) is 0 Å². The maximum absolute atomic E-state index is 13.2. The number of rotatable bonds is 4. The summed E-state index contributed by atoms with van der Waals surface area (Å²) in [7, 11) is -3.54. The molecule has 2 heterocycles. The third kappa shape index (κ3) is 2.66. The van der Waals surface area contributed by atoms with Crippen molar-refractivity contribution in [3.63, 3.8) is 0 Å². The highest BCUT2D eigenvalue weighted by Gasteiger charge is 2.44. The molecule has 2 atom stereocenters. The molecule has 1 saturated heterocycles. The highest BCUT2D eigenvalue weighted by atomic mass is 32.2. The lowest BCUT2D eigenvalue weighted by Gasteiger charge is -2.18. The highest BCUT2D eigenvalue weighted by molar-refractivity contribution is 7.89. The second kappa shape index (κ2) is 5.68. The summed E-state index contributed by atoms with van der Waals surface area (Å²) in [4.78, 5) is 0.346. The van der Waals surface area contributed by atoms with E-state index in [9.17, 15) is 8.42 Å². The Balaban J connectivity index is 1.68. The first-order chi connectivity index (χ1) is 11.5. The molecule has 0 bridgehead atoms. The van der Waals surface area contributed by atoms with Gasteiger partial charge in [-0.2, -0.15) is 9.40 Å². The fourth-order valence-corrected chi connectivity index (χ4v) is 5.36. The molecule has 2 fully saturated rings. The quantitative estimate of drug-likeness (QED) is 0.910. The zero-order valence-corrected chi connectivity index (χ0v) is 14.5. The van der Waals surface area contributed by atoms with Crippen molar-refractivity contribution < 1.29 is 8.42 Å². The van der Waals surface area contributed by atoms with Gasteiger partial charge in [0, 0.05) is 31.5 Å². The summed E-state index contributed by atoms with van der Waals surface area (Å²) in [6.45, 7) is 2.78. The maximum atomic E-state index is 13.2. The molecule has 1 aliphatic carbocycles. The van der Waals surface area contributed by atoms with Crippen molar-refractivity contribution in [1.29, 1.82) is 0 Å². The molecule has 2 aromatic rings. The summed E-state index contributed by atoms with van der Waals surface area (Å²) in [5.41, 5.74) is 7.70. The Kier molecular flexibility index (Phi) is 3.74. The van der Waals surface area contributed by atoms with Crippen LogP contribution >= 0.6 is 0 Å². The Labute approximate surface area is 142 Å². The van der Waals surface area contributed by atoms with Crippen LogP contribution in [0.5, 0.6) is 0 Å². The third-order valence-electron chi connectivity index (χ3n) is 5.16. The lowest BCUT2D eigenvalue weighted by molar-refractivity contribution is 0.427. The summed E-state index contributed by atoms with van der Waals surface area (Å²) >= 11 is 0. The SMILES string of the molecule is Cc1ccc(-n2cccn2)cc1S(=O)(=O)N1C[C@@H](N)[C@H](C2CC2)C1. The van der Waals surface area contributed by atoms with E-state index in [1.54, 1.807) is 27.4 Å². The van der Waals surface area contributed by atoms with E-state index in [4.69, 9.17) is 5.73 Å². The van der Waals surface area contributed by atoms with Gasteiger partial charge >= 0.3 is 0 Å². The van der Waals surface area contributed by atoms with E-state index in [0.717, 1.165) is 11.3 Å². The molecule has 1 aromatic carbocycles. The molecule has 128 valence electrons. The van der Waals surface area contributed by atoms with Gasteiger partial charge in [-0.25, -0.2) is 13.1 Å². The standard InChI is InChI=1S/C17H22N4O2S/c1-12-3-6-14(21-8-2-7-19-21)9-17(12)24(22,23)20-10-15(13-4-5-13)16(18)11-20/h2-3,6-9,13,15-16H,4-5,10-11,18H2,1H3/t15-,16+/m0/s1. The van der Waals surface area contributed by atoms with E-state index in [1.165, 1.54) is 12.8 Å². The van der Waals surface area contributed by atoms with Crippen LogP contribution in [0.3, 0.4) is 0 Å². The van der Waals surface area contributed by atoms with E-state index in [2.05, 4.69) is 5.10 Å². The number of nitrogens with two attached hydrogens (primary N) is 1. The number of hydrogen-bond acceptors (Lipinski definition) is 4. The largest absolute Gasteiger partial charge is 0.326 e. The van der Waals surface area contributed by atoms with Crippen molar-refractivity contribution in [2.24, 2.45) is 17.6 Å². The van der Waals surface area contributed by atoms with Gasteiger partial charge in [-0.05, 0) is 55.4 Å². The van der Waals surface area contributed by atoms with Gasteiger partial charge in [-0.3, -0.25) is 0 Å². The van der Waals surface area contributed by atoms with Crippen LogP contribution in [-0.2, 0) is 10.0 Å². The minimum atomic E-state index is -3.54. The molecule has 0 spiro atoms. The van der Waals surface area contributed by atoms with E-state index in [0.29, 0.717) is 29.8 Å². The number of aryl methyl sites for hydroxylation is 1. The van der Waals surface area contributed by atoms with Gasteiger partial charge in [0.05, 0.1) is 10.6 Å². The van der Waals surface area contributed by atoms with Crippen LogP contribution in [0.2, 0.25) is 0 Å². The number of hydrogen-bond donors (Lipinski definition) is 1. The van der Waals surface area contributed by atoms with Gasteiger partial charge in [-0.15, -0.1) is 0 Å². The van der Waals surface area contributed by atoms with Crippen LogP contribution in [-0.4, -0.2) is 41.6 Å². The summed E-state index contributed by atoms with van der Waals surface area (Å²) < 4.78 is 29.5. The molecule has 0 unspecified atom stereocenters. The molecular weight excluding hydrogens is 324 g/mol. The number of aromatic nitrogens is 2. The Morgan fingerprint density at radius 1 is 1.25 bits per heavy atom. The van der Waals surface area contributed by atoms with Crippen molar-refractivity contribution in [1.82, 2.24) is 14.1 Å². The Bertz CT molecular complexity index is 843. The van der Waals surface area contributed by atoms with E-state index in [1.807, 2.05) is 25.1 Å². The van der Waals surface area contributed by atoms with Crippen molar-refractivity contribution >= 4 is 10.0 Å². The minimum absolute atomic E-state index is 0.0538. The summed E-state index contributed by atoms with van der Waals surface area (Å²) in [6.07, 6.45) is 5.84. The molecule has 1 saturated carbocycles. The Hall–Kier alpha value is -1.70. The molecule has 2 N–H and O–H groups in total. The van der Waals surface area contributed by atoms with Crippen LogP contribution in [0, 0.1) is 18.8 Å². The minimum Gasteiger partial charge on any atom is -0.326 e. The van der Waals surface area contributed by atoms with E-state index < -0.39 is 10.0 Å². The van der Waals surface area contributed by atoms with Crippen LogP contribution in [0.4, 0.5) is 0 Å². The molecule has 24 heavy (non-hydrogen) atoms. The molecule has 0 amide bonds. The summed E-state index contributed by atoms with van der Waals surface area (Å²) in [5.74, 6) is 0.908. The molecule has 2 aliphatic rings. The first kappa shape index (κ1) is 15.8. The van der Waals surface area contributed by atoms with Gasteiger partial charge in [-0.1, -0.05) is 6.07 Å². The Morgan fingerprint density at radius 2 is 2.04 bits per heavy atom. The summed E-state index contributed by atoms with van der Waals surface area (Å²) in [5, 5.41) is 4.18. The van der Waals surface area contributed by atoms with Crippen molar-refractivity contribution in [2.75, 3.05) is 13.1 Å².